The first-order valence-electron chi connectivity index (χ1n) is 20.1. The Hall–Kier alpha value is -6.75. The first-order chi connectivity index (χ1) is 28.9. The van der Waals surface area contributed by atoms with Crippen molar-refractivity contribution in [1.29, 1.82) is 0 Å². The third-order valence-corrected chi connectivity index (χ3v) is 10.4. The molecule has 0 aromatic heterocycles. The minimum atomic E-state index is -0.486. The maximum Gasteiger partial charge on any atom is 0.411 e. The van der Waals surface area contributed by atoms with Crippen molar-refractivity contribution in [3.05, 3.63) is 163 Å². The fraction of sp³-hybridized carbons (Fsp3) is 0.204. The first kappa shape index (κ1) is 40.4. The van der Waals surface area contributed by atoms with Crippen LogP contribution in [0, 0.1) is 0 Å². The summed E-state index contributed by atoms with van der Waals surface area (Å²) >= 11 is 0. The number of phenolic OH excluding ortho intramolecular Hbond substituents is 1. The molecule has 7 rings (SSSR count). The predicted molar refractivity (Wildman–Crippen MR) is 234 cm³/mol. The topological polar surface area (TPSA) is 132 Å². The second-order valence-electron chi connectivity index (χ2n) is 14.6. The van der Waals surface area contributed by atoms with Crippen LogP contribution in [0.1, 0.15) is 28.8 Å². The molecule has 0 saturated carbocycles. The maximum atomic E-state index is 13.5. The number of anilines is 2. The van der Waals surface area contributed by atoms with Gasteiger partial charge in [0, 0.05) is 43.0 Å². The Kier molecular flexibility index (Phi) is 13.8. The molecular weight excluding hydrogens is 739 g/mol. The zero-order valence-corrected chi connectivity index (χ0v) is 32.9. The number of likely N-dealkylation sites (tertiary alicyclic amines) is 1. The van der Waals surface area contributed by atoms with Crippen LogP contribution in [0.25, 0.3) is 33.4 Å². The molecule has 5 N–H and O–H groups in total. The van der Waals surface area contributed by atoms with Crippen molar-refractivity contribution in [3.63, 3.8) is 0 Å². The van der Waals surface area contributed by atoms with Crippen molar-refractivity contribution >= 4 is 29.3 Å². The van der Waals surface area contributed by atoms with Gasteiger partial charge in [0.05, 0.1) is 12.2 Å². The van der Waals surface area contributed by atoms with E-state index in [1.165, 1.54) is 0 Å². The van der Waals surface area contributed by atoms with Crippen LogP contribution < -0.4 is 21.3 Å². The average molecular weight is 788 g/mol. The Morgan fingerprint density at radius 2 is 1.31 bits per heavy atom. The Labute approximate surface area is 345 Å². The molecule has 300 valence electrons. The third-order valence-electron chi connectivity index (χ3n) is 10.4. The molecule has 0 radical (unpaired) electrons. The van der Waals surface area contributed by atoms with Crippen LogP contribution in [-0.2, 0) is 16.0 Å². The molecule has 0 atom stereocenters. The number of nitrogens with zero attached hydrogens (tertiary/aromatic N) is 1. The number of carbonyl (C=O) groups is 3. The van der Waals surface area contributed by atoms with Crippen molar-refractivity contribution in [2.45, 2.75) is 25.4 Å². The summed E-state index contributed by atoms with van der Waals surface area (Å²) in [5, 5.41) is 21.5. The molecule has 6 aromatic rings. The lowest BCUT2D eigenvalue weighted by atomic mass is 9.88. The van der Waals surface area contributed by atoms with Gasteiger partial charge in [0.1, 0.15) is 11.9 Å². The van der Waals surface area contributed by atoms with E-state index >= 15 is 0 Å². The molecule has 10 nitrogen and oxygen atoms in total. The van der Waals surface area contributed by atoms with Crippen LogP contribution in [0.3, 0.4) is 0 Å². The monoisotopic (exact) mass is 787 g/mol. The van der Waals surface area contributed by atoms with Gasteiger partial charge in [0.25, 0.3) is 5.91 Å². The lowest BCUT2D eigenvalue weighted by Crippen LogP contribution is -2.42. The van der Waals surface area contributed by atoms with E-state index < -0.39 is 6.09 Å². The Morgan fingerprint density at radius 1 is 0.661 bits per heavy atom. The van der Waals surface area contributed by atoms with Crippen molar-refractivity contribution < 1.29 is 24.2 Å². The molecule has 0 bridgehead atoms. The highest BCUT2D eigenvalue weighted by molar-refractivity contribution is 6.02. The normalized spacial score (nSPS) is 13.0. The molecule has 0 spiro atoms. The average Bonchev–Trinajstić information content (AvgIpc) is 3.27. The summed E-state index contributed by atoms with van der Waals surface area (Å²) in [6, 6.07) is 48.5. The van der Waals surface area contributed by atoms with Gasteiger partial charge in [-0.15, -0.1) is 0 Å². The highest BCUT2D eigenvalue weighted by Gasteiger charge is 2.24. The number of ether oxygens (including phenoxy) is 1. The molecule has 1 aliphatic rings. The Bertz CT molecular complexity index is 2330. The van der Waals surface area contributed by atoms with E-state index in [0.29, 0.717) is 49.4 Å². The molecule has 6 aromatic carbocycles. The Balaban J connectivity index is 0.879. The largest absolute Gasteiger partial charge is 0.508 e. The standard InChI is InChI=1S/C49H49N5O5/c55-40-23-21-35(22-24-40)25-28-50-34-46(56)52-39-16-9-15-38(33-39)48(57)51-29-32-54-30-26-41(27-31-54)59-49(58)53-45-20-10-19-43(37-13-5-2-6-14-37)47(45)44-18-8-7-17-42(44)36-11-3-1-4-12-36/h1-24,33,41,50,55H,25-32,34H2,(H,51,57)(H,52,56)(H,53,58). The van der Waals surface area contributed by atoms with E-state index in [2.05, 4.69) is 68.6 Å². The van der Waals surface area contributed by atoms with Crippen LogP contribution in [0.15, 0.2) is 152 Å². The van der Waals surface area contributed by atoms with Gasteiger partial charge in [-0.25, -0.2) is 4.79 Å². The van der Waals surface area contributed by atoms with Crippen LogP contribution in [0.4, 0.5) is 16.2 Å². The van der Waals surface area contributed by atoms with Crippen molar-refractivity contribution in [1.82, 2.24) is 15.5 Å². The fourth-order valence-electron chi connectivity index (χ4n) is 7.39. The maximum absolute atomic E-state index is 13.5. The number of piperidine rings is 1. The van der Waals surface area contributed by atoms with Gasteiger partial charge < -0.3 is 30.7 Å². The van der Waals surface area contributed by atoms with E-state index in [-0.39, 0.29) is 30.2 Å². The number of benzene rings is 6. The second kappa shape index (κ2) is 20.1. The van der Waals surface area contributed by atoms with Crippen molar-refractivity contribution in [2.24, 2.45) is 0 Å². The number of carbonyl (C=O) groups excluding carboxylic acids is 3. The van der Waals surface area contributed by atoms with E-state index in [0.717, 1.165) is 58.5 Å². The quantitative estimate of drug-likeness (QED) is 0.0659. The molecule has 3 amide bonds. The molecule has 1 saturated heterocycles. The lowest BCUT2D eigenvalue weighted by molar-refractivity contribution is -0.115. The van der Waals surface area contributed by atoms with Gasteiger partial charge in [0.15, 0.2) is 0 Å². The number of nitrogens with one attached hydrogen (secondary N) is 4. The van der Waals surface area contributed by atoms with Crippen LogP contribution in [0.5, 0.6) is 5.75 Å². The fourth-order valence-corrected chi connectivity index (χ4v) is 7.39. The second-order valence-corrected chi connectivity index (χ2v) is 14.6. The summed E-state index contributed by atoms with van der Waals surface area (Å²) < 4.78 is 6.00. The van der Waals surface area contributed by atoms with Gasteiger partial charge >= 0.3 is 6.09 Å². The van der Waals surface area contributed by atoms with Gasteiger partial charge in [0.2, 0.25) is 5.91 Å². The predicted octanol–water partition coefficient (Wildman–Crippen LogP) is 8.61. The number of hydrogen-bond acceptors (Lipinski definition) is 7. The van der Waals surface area contributed by atoms with Gasteiger partial charge in [-0.2, -0.15) is 0 Å². The molecule has 1 fully saturated rings. The lowest BCUT2D eigenvalue weighted by Gasteiger charge is -2.31. The molecule has 1 aliphatic heterocycles. The zero-order chi connectivity index (χ0) is 40.8. The van der Waals surface area contributed by atoms with Crippen molar-refractivity contribution in [2.75, 3.05) is 49.9 Å². The number of amides is 3. The first-order valence-corrected chi connectivity index (χ1v) is 20.1. The molecule has 0 aliphatic carbocycles. The van der Waals surface area contributed by atoms with Crippen molar-refractivity contribution in [3.8, 4) is 39.1 Å². The summed E-state index contributed by atoms with van der Waals surface area (Å²) in [5.74, 6) is -0.198. The van der Waals surface area contributed by atoms with Gasteiger partial charge in [-0.1, -0.05) is 115 Å². The van der Waals surface area contributed by atoms with Crippen LogP contribution in [0.2, 0.25) is 0 Å². The number of rotatable bonds is 15. The molecule has 1 heterocycles. The summed E-state index contributed by atoms with van der Waals surface area (Å²) in [6.07, 6.45) is 1.38. The highest BCUT2D eigenvalue weighted by Crippen LogP contribution is 2.42. The number of aromatic hydroxyl groups is 1. The minimum Gasteiger partial charge on any atom is -0.508 e. The zero-order valence-electron chi connectivity index (χ0n) is 32.9. The molecular formula is C49H49N5O5. The SMILES string of the molecule is O=C(CNCCc1ccc(O)cc1)Nc1cccc(C(=O)NCCN2CCC(OC(=O)Nc3cccc(-c4ccccc4)c3-c3ccccc3-c3ccccc3)CC2)c1. The number of hydrogen-bond donors (Lipinski definition) is 5. The summed E-state index contributed by atoms with van der Waals surface area (Å²) in [7, 11) is 0. The minimum absolute atomic E-state index is 0.134. The highest BCUT2D eigenvalue weighted by atomic mass is 16.6. The Morgan fingerprint density at radius 3 is 2.03 bits per heavy atom. The van der Waals surface area contributed by atoms with Gasteiger partial charge in [-0.3, -0.25) is 14.9 Å². The van der Waals surface area contributed by atoms with E-state index in [1.807, 2.05) is 72.8 Å². The molecule has 59 heavy (non-hydrogen) atoms. The van der Waals surface area contributed by atoms with E-state index in [1.54, 1.807) is 36.4 Å². The van der Waals surface area contributed by atoms with Crippen LogP contribution in [-0.4, -0.2) is 73.3 Å². The van der Waals surface area contributed by atoms with Crippen LogP contribution >= 0.6 is 0 Å². The summed E-state index contributed by atoms with van der Waals surface area (Å²) in [4.78, 5) is 41.2. The number of phenols is 1. The molecule has 0 unspecified atom stereocenters. The summed E-state index contributed by atoms with van der Waals surface area (Å²) in [6.45, 7) is 3.33. The van der Waals surface area contributed by atoms with Gasteiger partial charge in [-0.05, 0) is 95.6 Å². The summed E-state index contributed by atoms with van der Waals surface area (Å²) in [5.41, 5.74) is 8.89. The smallest absolute Gasteiger partial charge is 0.411 e. The third kappa shape index (κ3) is 11.2. The van der Waals surface area contributed by atoms with E-state index in [9.17, 15) is 19.5 Å². The molecule has 10 heteroatoms. The van der Waals surface area contributed by atoms with E-state index in [4.69, 9.17) is 4.74 Å².